The fraction of sp³-hybridized carbons (Fsp3) is 0.455. The Morgan fingerprint density at radius 3 is 2.38 bits per heavy atom. The van der Waals surface area contributed by atoms with Crippen LogP contribution in [0.3, 0.4) is 0 Å². The minimum Gasteiger partial charge on any atom is -0.387 e. The van der Waals surface area contributed by atoms with E-state index in [1.165, 1.54) is 0 Å². The molecule has 23 heteroatoms. The largest absolute Gasteiger partial charge is 0.490 e. The van der Waals surface area contributed by atoms with Crippen LogP contribution in [-0.2, 0) is 31.6 Å². The van der Waals surface area contributed by atoms with Crippen molar-refractivity contribution in [2.45, 2.75) is 24.5 Å². The van der Waals surface area contributed by atoms with Gasteiger partial charge in [0.15, 0.2) is 11.9 Å². The second kappa shape index (κ2) is 9.61. The summed E-state index contributed by atoms with van der Waals surface area (Å²) < 4.78 is 64.7. The predicted molar refractivity (Wildman–Crippen MR) is 105 cm³/mol. The monoisotopic (exact) mass is 570 g/mol. The Kier molecular flexibility index (Phi) is 7.70. The zero-order chi connectivity index (χ0) is 25.6. The van der Waals surface area contributed by atoms with Crippen molar-refractivity contribution in [2.75, 3.05) is 6.61 Å². The molecule has 0 radical (unpaired) electrons. The fourth-order valence-corrected chi connectivity index (χ4v) is 5.98. The summed E-state index contributed by atoms with van der Waals surface area (Å²) in [6.07, 6.45) is -5.66. The van der Waals surface area contributed by atoms with Crippen molar-refractivity contribution in [3.63, 3.8) is 0 Å². The molecule has 3 rings (SSSR count). The summed E-state index contributed by atoms with van der Waals surface area (Å²) in [6, 6.07) is 0. The maximum atomic E-state index is 13.5. The number of H-pyrrole nitrogens is 1. The average Bonchev–Trinajstić information content (AvgIpc) is 2.93. The average molecular weight is 570 g/mol. The third kappa shape index (κ3) is 6.45. The van der Waals surface area contributed by atoms with Crippen LogP contribution in [0.25, 0.3) is 11.2 Å². The van der Waals surface area contributed by atoms with Crippen LogP contribution in [0.15, 0.2) is 11.0 Å². The molecule has 3 unspecified atom stereocenters. The van der Waals surface area contributed by atoms with Gasteiger partial charge in [-0.1, -0.05) is 0 Å². The van der Waals surface area contributed by atoms with Gasteiger partial charge < -0.3 is 39.5 Å². The van der Waals surface area contributed by atoms with Crippen LogP contribution in [0.4, 0.5) is 4.39 Å². The van der Waals surface area contributed by atoms with Gasteiger partial charge in [-0.2, -0.15) is 18.0 Å². The summed E-state index contributed by atoms with van der Waals surface area (Å²) >= 11 is 5.01. The number of aliphatic hydroxyl groups is 2. The molecule has 0 aliphatic carbocycles. The number of phosphoric ester groups is 1. The Labute approximate surface area is 191 Å². The number of aliphatic hydroxyl groups excluding tert-OH is 2. The zero-order valence-electron chi connectivity index (χ0n) is 16.0. The van der Waals surface area contributed by atoms with Crippen molar-refractivity contribution in [2.24, 2.45) is 0 Å². The van der Waals surface area contributed by atoms with Gasteiger partial charge in [-0.05, 0) is 12.2 Å². The summed E-state index contributed by atoms with van der Waals surface area (Å²) in [4.78, 5) is 56.2. The lowest BCUT2D eigenvalue weighted by Crippen LogP contribution is -2.33. The smallest absolute Gasteiger partial charge is 0.387 e. The van der Waals surface area contributed by atoms with Crippen molar-refractivity contribution >= 4 is 46.8 Å². The molecule has 190 valence electrons. The van der Waals surface area contributed by atoms with Crippen LogP contribution in [-0.4, -0.2) is 74.2 Å². The second-order valence-electron chi connectivity index (χ2n) is 6.45. The van der Waals surface area contributed by atoms with E-state index in [9.17, 15) is 38.0 Å². The molecular weight excluding hydrogens is 556 g/mol. The van der Waals surface area contributed by atoms with Crippen LogP contribution in [0.2, 0.25) is 0 Å². The molecule has 3 heterocycles. The van der Waals surface area contributed by atoms with E-state index in [0.717, 1.165) is 10.8 Å². The van der Waals surface area contributed by atoms with Gasteiger partial charge in [0, 0.05) is 6.20 Å². The standard InChI is InChI=1S/C11H14FN4O14P3S/c12-7-9(19)14-8-3(13-7)1-16(11(34)15-8)10-6(18)5(17)4(28-10)2-27-32(23,24)30-33(25,26)29-31(20,21)22/h1,4-6,10,17-18H,2H2,(H,23,24)(H,25,26)(H2,20,21,22)(H,14,15,19,34)/t4-,5+,6?,10-/m1/s1. The molecule has 34 heavy (non-hydrogen) atoms. The first-order valence-corrected chi connectivity index (χ1v) is 13.4. The first kappa shape index (κ1) is 27.3. The number of aromatic nitrogens is 4. The number of nitrogens with one attached hydrogen (secondary N) is 1. The van der Waals surface area contributed by atoms with E-state index in [1.54, 1.807) is 0 Å². The molecule has 0 bridgehead atoms. The van der Waals surface area contributed by atoms with E-state index < -0.39 is 66.1 Å². The maximum absolute atomic E-state index is 13.5. The van der Waals surface area contributed by atoms with Crippen molar-refractivity contribution in [1.82, 2.24) is 19.5 Å². The Morgan fingerprint density at radius 1 is 1.12 bits per heavy atom. The number of aromatic amines is 1. The maximum Gasteiger partial charge on any atom is 0.490 e. The number of hydrogen-bond acceptors (Lipinski definition) is 13. The topological polar surface area (TPSA) is 273 Å². The van der Waals surface area contributed by atoms with Gasteiger partial charge in [0.1, 0.15) is 23.8 Å². The Bertz CT molecular complexity index is 1360. The van der Waals surface area contributed by atoms with Crippen molar-refractivity contribution in [1.29, 1.82) is 0 Å². The molecular formula is C11H14FN4O14P3S. The number of phosphoric acid groups is 3. The molecule has 6 atom stereocenters. The van der Waals surface area contributed by atoms with Crippen molar-refractivity contribution < 1.29 is 65.8 Å². The van der Waals surface area contributed by atoms with Gasteiger partial charge in [-0.25, -0.2) is 18.7 Å². The third-order valence-electron chi connectivity index (χ3n) is 4.00. The molecule has 1 aliphatic heterocycles. The molecule has 0 spiro atoms. The van der Waals surface area contributed by atoms with E-state index in [1.807, 2.05) is 0 Å². The van der Waals surface area contributed by atoms with Crippen molar-refractivity contribution in [3.05, 3.63) is 27.3 Å². The van der Waals surface area contributed by atoms with Gasteiger partial charge in [0.05, 0.1) is 6.61 Å². The van der Waals surface area contributed by atoms with Gasteiger partial charge in [0.2, 0.25) is 4.77 Å². The molecule has 0 amide bonds. The first-order chi connectivity index (χ1) is 15.5. The number of rotatable bonds is 8. The molecule has 0 aromatic carbocycles. The zero-order valence-corrected chi connectivity index (χ0v) is 19.5. The van der Waals surface area contributed by atoms with Crippen LogP contribution in [0.5, 0.6) is 0 Å². The van der Waals surface area contributed by atoms with Crippen molar-refractivity contribution in [3.8, 4) is 0 Å². The summed E-state index contributed by atoms with van der Waals surface area (Å²) in [5.74, 6) is -1.39. The van der Waals surface area contributed by atoms with E-state index >= 15 is 0 Å². The van der Waals surface area contributed by atoms with Gasteiger partial charge >= 0.3 is 29.0 Å². The minimum absolute atomic E-state index is 0.190. The molecule has 1 aliphatic rings. The Balaban J connectivity index is 1.76. The van der Waals surface area contributed by atoms with Gasteiger partial charge in [0.25, 0.3) is 5.95 Å². The molecule has 1 fully saturated rings. The third-order valence-corrected chi connectivity index (χ3v) is 8.10. The lowest BCUT2D eigenvalue weighted by molar-refractivity contribution is -0.0531. The van der Waals surface area contributed by atoms with Crippen LogP contribution < -0.4 is 5.56 Å². The van der Waals surface area contributed by atoms with E-state index in [2.05, 4.69) is 28.1 Å². The Hall–Kier alpha value is -1.34. The second-order valence-corrected chi connectivity index (χ2v) is 11.2. The lowest BCUT2D eigenvalue weighted by Gasteiger charge is -2.19. The van der Waals surface area contributed by atoms with E-state index in [-0.39, 0.29) is 15.9 Å². The normalized spacial score (nSPS) is 26.9. The molecule has 1 saturated heterocycles. The SMILES string of the molecule is O=c1[nH]c2nc(=S)n([C@@H]3O[C@H](COP(=O)(O)OP(=O)(O)OP(=O)(O)O)[C@H](O)C3O)cc2nc1F. The highest BCUT2D eigenvalue weighted by molar-refractivity contribution is 7.71. The predicted octanol–water partition coefficient (Wildman–Crippen LogP) is -1.05. The quantitative estimate of drug-likeness (QED) is 0.147. The highest BCUT2D eigenvalue weighted by Crippen LogP contribution is 2.66. The first-order valence-electron chi connectivity index (χ1n) is 8.47. The number of hydrogen-bond donors (Lipinski definition) is 7. The van der Waals surface area contributed by atoms with Crippen LogP contribution in [0, 0.1) is 10.7 Å². The number of ether oxygens (including phenoxy) is 1. The molecule has 18 nitrogen and oxygen atoms in total. The number of halogens is 1. The van der Waals surface area contributed by atoms with E-state index in [0.29, 0.717) is 0 Å². The van der Waals surface area contributed by atoms with Crippen LogP contribution >= 0.6 is 35.7 Å². The summed E-state index contributed by atoms with van der Waals surface area (Å²) in [6.45, 7) is -1.06. The fourth-order valence-electron chi connectivity index (χ4n) is 2.70. The molecule has 0 saturated carbocycles. The number of fused-ring (bicyclic) bond motifs is 1. The summed E-state index contributed by atoms with van der Waals surface area (Å²) in [7, 11) is -16.9. The van der Waals surface area contributed by atoms with Crippen LogP contribution in [0.1, 0.15) is 6.23 Å². The van der Waals surface area contributed by atoms with Gasteiger partial charge in [-0.3, -0.25) is 13.9 Å². The molecule has 2 aromatic rings. The van der Waals surface area contributed by atoms with E-state index in [4.69, 9.17) is 31.6 Å². The highest BCUT2D eigenvalue weighted by Gasteiger charge is 2.46. The number of nitrogens with zero attached hydrogens (tertiary/aromatic N) is 3. The lowest BCUT2D eigenvalue weighted by atomic mass is 10.1. The Morgan fingerprint density at radius 2 is 1.76 bits per heavy atom. The highest BCUT2D eigenvalue weighted by atomic mass is 32.1. The summed E-state index contributed by atoms with van der Waals surface area (Å²) in [5, 5.41) is 20.5. The summed E-state index contributed by atoms with van der Waals surface area (Å²) in [5.41, 5.74) is -1.57. The minimum atomic E-state index is -5.76. The van der Waals surface area contributed by atoms with Gasteiger partial charge in [-0.15, -0.1) is 0 Å². The molecule has 2 aromatic heterocycles. The molecule has 7 N–H and O–H groups in total.